The lowest BCUT2D eigenvalue weighted by Gasteiger charge is -2.39. The van der Waals surface area contributed by atoms with Crippen molar-refractivity contribution in [2.75, 3.05) is 26.7 Å². The summed E-state index contributed by atoms with van der Waals surface area (Å²) in [5, 5.41) is 3.98. The van der Waals surface area contributed by atoms with Crippen LogP contribution in [0, 0.1) is 0 Å². The summed E-state index contributed by atoms with van der Waals surface area (Å²) in [4.78, 5) is 21.1. The first kappa shape index (κ1) is 23.2. The molecule has 3 rings (SSSR count). The van der Waals surface area contributed by atoms with Gasteiger partial charge >= 0.3 is 0 Å². The van der Waals surface area contributed by atoms with Crippen molar-refractivity contribution < 1.29 is 18.8 Å². The van der Waals surface area contributed by atoms with E-state index in [1.54, 1.807) is 14.0 Å². The first-order valence-electron chi connectivity index (χ1n) is 11.0. The van der Waals surface area contributed by atoms with Crippen molar-refractivity contribution in [3.8, 4) is 5.75 Å². The molecule has 1 atom stereocenters. The highest BCUT2D eigenvalue weighted by Crippen LogP contribution is 2.20. The smallest absolute Gasteiger partial charge is 0.252 e. The molecule has 1 aromatic carbocycles. The van der Waals surface area contributed by atoms with Crippen LogP contribution in [0.1, 0.15) is 50.9 Å². The van der Waals surface area contributed by atoms with E-state index in [4.69, 9.17) is 14.0 Å². The van der Waals surface area contributed by atoms with Gasteiger partial charge in [-0.05, 0) is 50.9 Å². The van der Waals surface area contributed by atoms with Gasteiger partial charge in [0.2, 0.25) is 5.91 Å². The minimum Gasteiger partial charge on any atom is -0.491 e. The van der Waals surface area contributed by atoms with Crippen LogP contribution in [0.15, 0.2) is 28.8 Å². The molecule has 8 heteroatoms. The molecule has 1 fully saturated rings. The Hall–Kier alpha value is -2.45. The number of hydrogen-bond acceptors (Lipinski definition) is 7. The maximum atomic E-state index is 12.4. The molecule has 0 N–H and O–H groups in total. The van der Waals surface area contributed by atoms with E-state index in [1.807, 2.05) is 30.9 Å². The number of carbonyl (C=O) groups excluding carboxylic acids is 1. The van der Waals surface area contributed by atoms with Gasteiger partial charge in [0.05, 0.1) is 6.10 Å². The van der Waals surface area contributed by atoms with Gasteiger partial charge in [0.1, 0.15) is 12.4 Å². The van der Waals surface area contributed by atoms with Crippen LogP contribution in [0.5, 0.6) is 5.75 Å². The van der Waals surface area contributed by atoms with Crippen LogP contribution in [0.3, 0.4) is 0 Å². The molecule has 170 valence electrons. The highest BCUT2D eigenvalue weighted by molar-refractivity contribution is 5.73. The van der Waals surface area contributed by atoms with Crippen molar-refractivity contribution in [2.24, 2.45) is 0 Å². The molecular weight excluding hydrogens is 396 g/mol. The quantitative estimate of drug-likeness (QED) is 0.573. The normalized spacial score (nSPS) is 17.1. The van der Waals surface area contributed by atoms with E-state index in [2.05, 4.69) is 27.2 Å². The molecule has 0 saturated carbocycles. The maximum Gasteiger partial charge on any atom is 0.252 e. The van der Waals surface area contributed by atoms with Gasteiger partial charge < -0.3 is 18.9 Å². The van der Waals surface area contributed by atoms with Crippen molar-refractivity contribution in [3.63, 3.8) is 0 Å². The molecule has 31 heavy (non-hydrogen) atoms. The van der Waals surface area contributed by atoms with E-state index in [0.717, 1.165) is 38.2 Å². The first-order valence-corrected chi connectivity index (χ1v) is 11.0. The number of carbonyl (C=O) groups is 1. The molecule has 0 spiro atoms. The van der Waals surface area contributed by atoms with Gasteiger partial charge in [0.15, 0.2) is 5.82 Å². The Morgan fingerprint density at radius 3 is 2.77 bits per heavy atom. The number of aromatic nitrogens is 2. The van der Waals surface area contributed by atoms with Crippen LogP contribution < -0.4 is 4.74 Å². The van der Waals surface area contributed by atoms with Gasteiger partial charge in [-0.3, -0.25) is 9.69 Å². The fourth-order valence-electron chi connectivity index (χ4n) is 4.02. The zero-order valence-electron chi connectivity index (χ0n) is 19.0. The minimum absolute atomic E-state index is 0.0858. The van der Waals surface area contributed by atoms with Gasteiger partial charge in [-0.1, -0.05) is 17.3 Å². The van der Waals surface area contributed by atoms with Crippen LogP contribution in [-0.2, 0) is 29.1 Å². The average Bonchev–Trinajstić information content (AvgIpc) is 3.17. The number of rotatable bonds is 10. The summed E-state index contributed by atoms with van der Waals surface area (Å²) in [5.41, 5.74) is 1.25. The van der Waals surface area contributed by atoms with E-state index in [-0.39, 0.29) is 18.1 Å². The monoisotopic (exact) mass is 430 g/mol. The summed E-state index contributed by atoms with van der Waals surface area (Å²) in [6.45, 7) is 9.35. The lowest BCUT2D eigenvalue weighted by Crippen LogP contribution is -2.50. The van der Waals surface area contributed by atoms with E-state index in [9.17, 15) is 4.79 Å². The summed E-state index contributed by atoms with van der Waals surface area (Å²) in [7, 11) is 1.59. The molecule has 1 unspecified atom stereocenters. The average molecular weight is 431 g/mol. The fourth-order valence-corrected chi connectivity index (χ4v) is 4.02. The number of nitrogens with zero attached hydrogens (tertiary/aromatic N) is 4. The lowest BCUT2D eigenvalue weighted by molar-refractivity contribution is -0.132. The molecule has 0 bridgehead atoms. The Balaban J connectivity index is 1.55. The maximum absolute atomic E-state index is 12.4. The third-order valence-corrected chi connectivity index (χ3v) is 5.38. The summed E-state index contributed by atoms with van der Waals surface area (Å²) < 4.78 is 15.9. The molecule has 1 saturated heterocycles. The van der Waals surface area contributed by atoms with Crippen LogP contribution in [0.2, 0.25) is 0 Å². The topological polar surface area (TPSA) is 80.9 Å². The number of amides is 1. The summed E-state index contributed by atoms with van der Waals surface area (Å²) in [5.74, 6) is 2.05. The number of piperidine rings is 1. The van der Waals surface area contributed by atoms with E-state index in [1.165, 1.54) is 5.56 Å². The van der Waals surface area contributed by atoms with Crippen molar-refractivity contribution in [3.05, 3.63) is 41.5 Å². The highest BCUT2D eigenvalue weighted by atomic mass is 16.5. The van der Waals surface area contributed by atoms with E-state index < -0.39 is 0 Å². The molecule has 1 aliphatic heterocycles. The Morgan fingerprint density at radius 1 is 1.32 bits per heavy atom. The number of hydrogen-bond donors (Lipinski definition) is 0. The predicted molar refractivity (Wildman–Crippen MR) is 117 cm³/mol. The third kappa shape index (κ3) is 7.04. The first-order chi connectivity index (χ1) is 14.9. The second-order valence-corrected chi connectivity index (χ2v) is 8.34. The van der Waals surface area contributed by atoms with Crippen molar-refractivity contribution in [1.29, 1.82) is 0 Å². The second-order valence-electron chi connectivity index (χ2n) is 8.34. The van der Waals surface area contributed by atoms with Gasteiger partial charge in [0, 0.05) is 46.1 Å². The van der Waals surface area contributed by atoms with Crippen molar-refractivity contribution in [1.82, 2.24) is 19.9 Å². The predicted octanol–water partition coefficient (Wildman–Crippen LogP) is 3.06. The number of methoxy groups -OCH3 is 1. The molecule has 2 aromatic rings. The highest BCUT2D eigenvalue weighted by Gasteiger charge is 2.27. The zero-order valence-corrected chi connectivity index (χ0v) is 19.0. The summed E-state index contributed by atoms with van der Waals surface area (Å²) in [6.07, 6.45) is 2.83. The molecule has 1 aromatic heterocycles. The standard InChI is InChI=1S/C23H34N4O4/c1-17(2)30-21-9-7-19(8-10-21)14-26-12-5-6-20(15-26)27(18(3)28)13-11-22-24-23(16-29-4)31-25-22/h7-10,17,20H,5-6,11-16H2,1-4H3. The van der Waals surface area contributed by atoms with Gasteiger partial charge in [-0.2, -0.15) is 4.98 Å². The number of benzene rings is 1. The van der Waals surface area contributed by atoms with Crippen molar-refractivity contribution >= 4 is 5.91 Å². The van der Waals surface area contributed by atoms with Gasteiger partial charge in [0.25, 0.3) is 5.89 Å². The number of likely N-dealkylation sites (tertiary alicyclic amines) is 1. The van der Waals surface area contributed by atoms with Gasteiger partial charge in [-0.25, -0.2) is 0 Å². The second kappa shape index (κ2) is 11.2. The summed E-state index contributed by atoms with van der Waals surface area (Å²) in [6, 6.07) is 8.50. The molecule has 0 radical (unpaired) electrons. The van der Waals surface area contributed by atoms with Crippen molar-refractivity contribution in [2.45, 2.75) is 65.3 Å². The molecule has 1 aliphatic rings. The summed E-state index contributed by atoms with van der Waals surface area (Å²) >= 11 is 0. The number of ether oxygens (including phenoxy) is 2. The Kier molecular flexibility index (Phi) is 8.43. The van der Waals surface area contributed by atoms with Crippen LogP contribution in [0.25, 0.3) is 0 Å². The van der Waals surface area contributed by atoms with Crippen LogP contribution in [0.4, 0.5) is 0 Å². The largest absolute Gasteiger partial charge is 0.491 e. The Labute approximate surface area is 184 Å². The SMILES string of the molecule is COCc1nc(CCN(C(C)=O)C2CCCN(Cc3ccc(OC(C)C)cc3)C2)no1. The zero-order chi connectivity index (χ0) is 22.2. The van der Waals surface area contributed by atoms with E-state index in [0.29, 0.717) is 31.3 Å². The molecule has 2 heterocycles. The lowest BCUT2D eigenvalue weighted by atomic mass is 10.0. The molecule has 8 nitrogen and oxygen atoms in total. The Morgan fingerprint density at radius 2 is 2.10 bits per heavy atom. The fraction of sp³-hybridized carbons (Fsp3) is 0.609. The van der Waals surface area contributed by atoms with E-state index >= 15 is 0 Å². The van der Waals surface area contributed by atoms with Crippen LogP contribution >= 0.6 is 0 Å². The minimum atomic E-state index is 0.0858. The third-order valence-electron chi connectivity index (χ3n) is 5.38. The molecular formula is C23H34N4O4. The van der Waals surface area contributed by atoms with Gasteiger partial charge in [-0.15, -0.1) is 0 Å². The molecule has 1 amide bonds. The molecule has 0 aliphatic carbocycles. The van der Waals surface area contributed by atoms with Crippen LogP contribution in [-0.4, -0.2) is 64.7 Å². The Bertz CT molecular complexity index is 821.